The lowest BCUT2D eigenvalue weighted by molar-refractivity contribution is 0.0467. The van der Waals surface area contributed by atoms with Gasteiger partial charge in [0.1, 0.15) is 18.6 Å². The number of halogens is 1. The first kappa shape index (κ1) is 19.4. The molecule has 1 aliphatic carbocycles. The Balaban J connectivity index is 1.39. The summed E-state index contributed by atoms with van der Waals surface area (Å²) in [5.74, 6) is -0.999. The number of aromatic nitrogens is 1. The summed E-state index contributed by atoms with van der Waals surface area (Å²) < 4.78 is 10.7. The maximum atomic E-state index is 12.9. The SMILES string of the molecule is O=C(OCc1coc(-c2cccs2)n1)c1ccc2c(c1Cl)C(=O)c1ccccc1C2=O. The molecule has 8 heteroatoms. The number of esters is 1. The number of oxazole rings is 1. The van der Waals surface area contributed by atoms with Gasteiger partial charge in [-0.1, -0.05) is 41.9 Å². The molecule has 0 bridgehead atoms. The maximum absolute atomic E-state index is 12.9. The number of rotatable bonds is 4. The van der Waals surface area contributed by atoms with Crippen LogP contribution in [0.3, 0.4) is 0 Å². The van der Waals surface area contributed by atoms with Crippen LogP contribution in [0.15, 0.2) is 64.6 Å². The maximum Gasteiger partial charge on any atom is 0.340 e. The lowest BCUT2D eigenvalue weighted by Crippen LogP contribution is -2.22. The second kappa shape index (κ2) is 7.61. The molecule has 0 saturated heterocycles. The number of ketones is 2. The Kier molecular flexibility index (Phi) is 4.77. The van der Waals surface area contributed by atoms with Gasteiger partial charge < -0.3 is 9.15 Å². The third-order valence-electron chi connectivity index (χ3n) is 4.88. The van der Waals surface area contributed by atoms with Crippen LogP contribution in [-0.4, -0.2) is 22.5 Å². The molecule has 0 amide bonds. The summed E-state index contributed by atoms with van der Waals surface area (Å²) in [4.78, 5) is 43.5. The van der Waals surface area contributed by atoms with E-state index in [1.54, 1.807) is 24.3 Å². The van der Waals surface area contributed by atoms with Crippen molar-refractivity contribution in [3.05, 3.63) is 98.7 Å². The predicted molar refractivity (Wildman–Crippen MR) is 114 cm³/mol. The molecule has 2 aromatic carbocycles. The van der Waals surface area contributed by atoms with E-state index >= 15 is 0 Å². The Morgan fingerprint density at radius 3 is 2.52 bits per heavy atom. The molecule has 0 fully saturated rings. The van der Waals surface area contributed by atoms with Gasteiger partial charge in [-0.05, 0) is 23.6 Å². The molecular weight excluding hydrogens is 438 g/mol. The molecule has 0 N–H and O–H groups in total. The first-order valence-electron chi connectivity index (χ1n) is 9.21. The fourth-order valence-corrected chi connectivity index (χ4v) is 4.39. The van der Waals surface area contributed by atoms with Crippen LogP contribution in [0.2, 0.25) is 5.02 Å². The van der Waals surface area contributed by atoms with Crippen molar-refractivity contribution in [3.8, 4) is 10.8 Å². The van der Waals surface area contributed by atoms with Crippen molar-refractivity contribution in [2.24, 2.45) is 0 Å². The van der Waals surface area contributed by atoms with Crippen molar-refractivity contribution in [1.82, 2.24) is 4.98 Å². The molecule has 0 aliphatic heterocycles. The van der Waals surface area contributed by atoms with Crippen LogP contribution in [0.4, 0.5) is 0 Å². The second-order valence-electron chi connectivity index (χ2n) is 6.75. The number of carbonyl (C=O) groups is 3. The highest BCUT2D eigenvalue weighted by atomic mass is 35.5. The summed E-state index contributed by atoms with van der Waals surface area (Å²) in [6, 6.07) is 13.1. The number of fused-ring (bicyclic) bond motifs is 2. The van der Waals surface area contributed by atoms with Gasteiger partial charge in [-0.2, -0.15) is 0 Å². The van der Waals surface area contributed by atoms with Gasteiger partial charge >= 0.3 is 5.97 Å². The highest BCUT2D eigenvalue weighted by Crippen LogP contribution is 2.34. The Labute approximate surface area is 185 Å². The number of hydrogen-bond donors (Lipinski definition) is 0. The number of ether oxygens (including phenoxy) is 1. The topological polar surface area (TPSA) is 86.5 Å². The Hall–Kier alpha value is -3.55. The van der Waals surface area contributed by atoms with E-state index in [0.29, 0.717) is 17.1 Å². The molecule has 0 saturated carbocycles. The minimum atomic E-state index is -0.729. The zero-order chi connectivity index (χ0) is 21.5. The minimum Gasteiger partial charge on any atom is -0.455 e. The smallest absolute Gasteiger partial charge is 0.340 e. The molecule has 1 aliphatic rings. The zero-order valence-electron chi connectivity index (χ0n) is 15.8. The summed E-state index contributed by atoms with van der Waals surface area (Å²) in [6.07, 6.45) is 1.41. The third kappa shape index (κ3) is 3.28. The molecule has 5 rings (SSSR count). The molecule has 4 aromatic rings. The summed E-state index contributed by atoms with van der Waals surface area (Å²) in [5, 5.41) is 1.80. The standard InChI is InChI=1S/C23H12ClNO5S/c24-19-16(23(28)30-11-12-10-29-22(25-12)17-6-3-9-31-17)8-7-15-18(19)21(27)14-5-2-1-4-13(14)20(15)26/h1-10H,11H2. The molecule has 0 spiro atoms. The molecule has 0 unspecified atom stereocenters. The monoisotopic (exact) mass is 449 g/mol. The number of thiophene rings is 1. The van der Waals surface area contributed by atoms with Crippen LogP contribution in [0.1, 0.15) is 47.9 Å². The van der Waals surface area contributed by atoms with Gasteiger partial charge in [0.05, 0.1) is 21.0 Å². The molecule has 0 atom stereocenters. The van der Waals surface area contributed by atoms with Crippen LogP contribution in [0, 0.1) is 0 Å². The van der Waals surface area contributed by atoms with Crippen LogP contribution in [-0.2, 0) is 11.3 Å². The van der Waals surface area contributed by atoms with Crippen LogP contribution < -0.4 is 0 Å². The first-order chi connectivity index (χ1) is 15.0. The Morgan fingerprint density at radius 1 is 1.00 bits per heavy atom. The lowest BCUT2D eigenvalue weighted by Gasteiger charge is -2.19. The second-order valence-corrected chi connectivity index (χ2v) is 8.08. The highest BCUT2D eigenvalue weighted by Gasteiger charge is 2.33. The van der Waals surface area contributed by atoms with Gasteiger partial charge in [0.15, 0.2) is 11.6 Å². The Bertz CT molecular complexity index is 1360. The molecular formula is C23H12ClNO5S. The molecule has 0 radical (unpaired) electrons. The summed E-state index contributed by atoms with van der Waals surface area (Å²) in [7, 11) is 0. The molecule has 2 heterocycles. The zero-order valence-corrected chi connectivity index (χ0v) is 17.3. The number of hydrogen-bond acceptors (Lipinski definition) is 7. The van der Waals surface area contributed by atoms with Crippen molar-refractivity contribution in [3.63, 3.8) is 0 Å². The van der Waals surface area contributed by atoms with E-state index in [-0.39, 0.29) is 39.7 Å². The van der Waals surface area contributed by atoms with Crippen molar-refractivity contribution in [1.29, 1.82) is 0 Å². The predicted octanol–water partition coefficient (Wildman–Crippen LogP) is 5.19. The molecule has 2 aromatic heterocycles. The van der Waals surface area contributed by atoms with Gasteiger partial charge in [-0.3, -0.25) is 9.59 Å². The van der Waals surface area contributed by atoms with Gasteiger partial charge in [-0.25, -0.2) is 9.78 Å². The average Bonchev–Trinajstić information content (AvgIpc) is 3.47. The largest absolute Gasteiger partial charge is 0.455 e. The normalized spacial score (nSPS) is 12.4. The van der Waals surface area contributed by atoms with Crippen LogP contribution >= 0.6 is 22.9 Å². The average molecular weight is 450 g/mol. The highest BCUT2D eigenvalue weighted by molar-refractivity contribution is 7.13. The quantitative estimate of drug-likeness (QED) is 0.351. The lowest BCUT2D eigenvalue weighted by atomic mass is 9.83. The summed E-state index contributed by atoms with van der Waals surface area (Å²) in [6.45, 7) is -0.128. The Morgan fingerprint density at radius 2 is 1.77 bits per heavy atom. The van der Waals surface area contributed by atoms with E-state index < -0.39 is 11.8 Å². The van der Waals surface area contributed by atoms with Crippen molar-refractivity contribution >= 4 is 40.5 Å². The van der Waals surface area contributed by atoms with E-state index in [1.807, 2.05) is 17.5 Å². The fourth-order valence-electron chi connectivity index (χ4n) is 3.41. The van der Waals surface area contributed by atoms with E-state index in [0.717, 1.165) is 4.88 Å². The summed E-state index contributed by atoms with van der Waals surface area (Å²) in [5.41, 5.74) is 1.20. The molecule has 31 heavy (non-hydrogen) atoms. The van der Waals surface area contributed by atoms with Crippen LogP contribution in [0.25, 0.3) is 10.8 Å². The minimum absolute atomic E-state index is 0.00271. The molecule has 152 valence electrons. The van der Waals surface area contributed by atoms with E-state index in [1.165, 1.54) is 29.7 Å². The fraction of sp³-hybridized carbons (Fsp3) is 0.0435. The number of nitrogens with zero attached hydrogens (tertiary/aromatic N) is 1. The van der Waals surface area contributed by atoms with Crippen LogP contribution in [0.5, 0.6) is 0 Å². The molecule has 6 nitrogen and oxygen atoms in total. The van der Waals surface area contributed by atoms with Crippen molar-refractivity contribution in [2.75, 3.05) is 0 Å². The van der Waals surface area contributed by atoms with Gasteiger partial charge in [0.25, 0.3) is 0 Å². The van der Waals surface area contributed by atoms with E-state index in [9.17, 15) is 14.4 Å². The van der Waals surface area contributed by atoms with E-state index in [2.05, 4.69) is 4.98 Å². The van der Waals surface area contributed by atoms with Crippen molar-refractivity contribution < 1.29 is 23.5 Å². The number of carbonyl (C=O) groups excluding carboxylic acids is 3. The van der Waals surface area contributed by atoms with Gasteiger partial charge in [-0.15, -0.1) is 11.3 Å². The first-order valence-corrected chi connectivity index (χ1v) is 10.5. The number of benzene rings is 2. The third-order valence-corrected chi connectivity index (χ3v) is 6.14. The van der Waals surface area contributed by atoms with Crippen molar-refractivity contribution in [2.45, 2.75) is 6.61 Å². The van der Waals surface area contributed by atoms with Gasteiger partial charge in [0.2, 0.25) is 5.89 Å². The summed E-state index contributed by atoms with van der Waals surface area (Å²) >= 11 is 7.88. The van der Waals surface area contributed by atoms with E-state index in [4.69, 9.17) is 20.8 Å². The van der Waals surface area contributed by atoms with Gasteiger partial charge in [0, 0.05) is 16.7 Å².